The van der Waals surface area contributed by atoms with Crippen LogP contribution in [0.3, 0.4) is 0 Å². The molecule has 110 valence electrons. The Morgan fingerprint density at radius 1 is 1.30 bits per heavy atom. The summed E-state index contributed by atoms with van der Waals surface area (Å²) in [7, 11) is 1.70. The molecule has 1 aliphatic carbocycles. The first-order chi connectivity index (χ1) is 9.54. The molecular weight excluding hydrogens is 248 g/mol. The second kappa shape index (κ2) is 6.40. The Morgan fingerprint density at radius 3 is 2.80 bits per heavy atom. The van der Waals surface area contributed by atoms with E-state index in [1.165, 1.54) is 30.4 Å². The third-order valence-electron chi connectivity index (χ3n) is 4.25. The molecule has 1 aromatic carbocycles. The van der Waals surface area contributed by atoms with Gasteiger partial charge in [-0.05, 0) is 44.2 Å². The second-order valence-corrected chi connectivity index (χ2v) is 6.34. The Morgan fingerprint density at radius 2 is 2.05 bits per heavy atom. The minimum Gasteiger partial charge on any atom is -0.359 e. The van der Waals surface area contributed by atoms with Crippen molar-refractivity contribution in [1.29, 1.82) is 0 Å². The van der Waals surface area contributed by atoms with Crippen molar-refractivity contribution in [2.75, 3.05) is 13.6 Å². The van der Waals surface area contributed by atoms with Gasteiger partial charge in [-0.15, -0.1) is 0 Å². The van der Waals surface area contributed by atoms with Gasteiger partial charge in [-0.1, -0.05) is 30.7 Å². The smallest absolute Gasteiger partial charge is 0.226 e. The summed E-state index contributed by atoms with van der Waals surface area (Å²) in [6.45, 7) is 4.68. The number of hydrogen-bond acceptors (Lipinski definition) is 2. The van der Waals surface area contributed by atoms with Crippen molar-refractivity contribution in [3.05, 3.63) is 35.4 Å². The minimum absolute atomic E-state index is 0.0897. The van der Waals surface area contributed by atoms with Crippen LogP contribution < -0.4 is 10.6 Å². The number of rotatable bonds is 4. The summed E-state index contributed by atoms with van der Waals surface area (Å²) in [6, 6.07) is 9.07. The van der Waals surface area contributed by atoms with Gasteiger partial charge in [0.15, 0.2) is 0 Å². The van der Waals surface area contributed by atoms with Crippen LogP contribution in [0, 0.1) is 5.41 Å². The molecular formula is C17H26N2O. The third kappa shape index (κ3) is 3.40. The highest BCUT2D eigenvalue weighted by atomic mass is 16.2. The van der Waals surface area contributed by atoms with Crippen molar-refractivity contribution < 1.29 is 4.79 Å². The molecule has 20 heavy (non-hydrogen) atoms. The number of amides is 1. The molecule has 2 N–H and O–H groups in total. The molecule has 0 heterocycles. The number of fused-ring (bicyclic) bond motifs is 1. The van der Waals surface area contributed by atoms with Crippen molar-refractivity contribution in [1.82, 2.24) is 10.6 Å². The van der Waals surface area contributed by atoms with Crippen LogP contribution in [0.15, 0.2) is 24.3 Å². The van der Waals surface area contributed by atoms with E-state index in [1.54, 1.807) is 7.05 Å². The standard InChI is InChI=1S/C17H26N2O/c1-17(2,16(20)18-3)12-19-15-11-7-5-9-13-8-4-6-10-14(13)15/h4,6,8,10,15,19H,5,7,9,11-12H2,1-3H3,(H,18,20). The number of benzene rings is 1. The molecule has 0 aliphatic heterocycles. The maximum atomic E-state index is 11.9. The molecule has 1 unspecified atom stereocenters. The zero-order valence-electron chi connectivity index (χ0n) is 12.8. The Bertz CT molecular complexity index is 468. The van der Waals surface area contributed by atoms with Gasteiger partial charge in [-0.25, -0.2) is 0 Å². The predicted octanol–water partition coefficient (Wildman–Crippen LogP) is 2.82. The molecule has 0 saturated carbocycles. The predicted molar refractivity (Wildman–Crippen MR) is 82.6 cm³/mol. The van der Waals surface area contributed by atoms with E-state index in [0.29, 0.717) is 12.6 Å². The first kappa shape index (κ1) is 15.0. The molecule has 1 aliphatic rings. The number of carbonyl (C=O) groups is 1. The van der Waals surface area contributed by atoms with E-state index in [0.717, 1.165) is 6.42 Å². The van der Waals surface area contributed by atoms with E-state index in [2.05, 4.69) is 34.9 Å². The molecule has 3 heteroatoms. The molecule has 3 nitrogen and oxygen atoms in total. The molecule has 0 spiro atoms. The number of nitrogens with one attached hydrogen (secondary N) is 2. The largest absolute Gasteiger partial charge is 0.359 e. The zero-order valence-corrected chi connectivity index (χ0v) is 12.8. The molecule has 1 atom stereocenters. The van der Waals surface area contributed by atoms with Gasteiger partial charge in [0, 0.05) is 19.6 Å². The lowest BCUT2D eigenvalue weighted by molar-refractivity contribution is -0.128. The molecule has 1 amide bonds. The normalized spacial score (nSPS) is 19.1. The van der Waals surface area contributed by atoms with Gasteiger partial charge in [0.25, 0.3) is 0 Å². The lowest BCUT2D eigenvalue weighted by atomic mass is 9.91. The highest BCUT2D eigenvalue weighted by molar-refractivity contribution is 5.81. The lowest BCUT2D eigenvalue weighted by Gasteiger charge is -2.27. The van der Waals surface area contributed by atoms with E-state index >= 15 is 0 Å². The SMILES string of the molecule is CNC(=O)C(C)(C)CNC1CCCCc2ccccc21. The topological polar surface area (TPSA) is 41.1 Å². The number of carbonyl (C=O) groups excluding carboxylic acids is 1. The summed E-state index contributed by atoms with van der Waals surface area (Å²) in [5.74, 6) is 0.0897. The Labute approximate surface area is 122 Å². The lowest BCUT2D eigenvalue weighted by Crippen LogP contribution is -2.43. The summed E-state index contributed by atoms with van der Waals surface area (Å²) >= 11 is 0. The maximum absolute atomic E-state index is 11.9. The van der Waals surface area contributed by atoms with E-state index < -0.39 is 0 Å². The molecule has 2 rings (SSSR count). The number of aryl methyl sites for hydroxylation is 1. The number of hydrogen-bond donors (Lipinski definition) is 2. The molecule has 1 aromatic rings. The van der Waals surface area contributed by atoms with Gasteiger partial charge >= 0.3 is 0 Å². The molecule has 0 bridgehead atoms. The third-order valence-corrected chi connectivity index (χ3v) is 4.25. The summed E-state index contributed by atoms with van der Waals surface area (Å²) in [5, 5.41) is 6.36. The second-order valence-electron chi connectivity index (χ2n) is 6.34. The van der Waals surface area contributed by atoms with E-state index in [9.17, 15) is 4.79 Å². The van der Waals surface area contributed by atoms with Gasteiger partial charge < -0.3 is 10.6 Å². The highest BCUT2D eigenvalue weighted by Gasteiger charge is 2.28. The van der Waals surface area contributed by atoms with Crippen molar-refractivity contribution in [2.45, 2.75) is 45.6 Å². The van der Waals surface area contributed by atoms with Gasteiger partial charge in [0.2, 0.25) is 5.91 Å². The average molecular weight is 274 g/mol. The van der Waals surface area contributed by atoms with Crippen LogP contribution in [0.25, 0.3) is 0 Å². The van der Waals surface area contributed by atoms with Crippen LogP contribution in [0.2, 0.25) is 0 Å². The van der Waals surface area contributed by atoms with Crippen LogP contribution in [-0.2, 0) is 11.2 Å². The first-order valence-electron chi connectivity index (χ1n) is 7.58. The summed E-state index contributed by atoms with van der Waals surface area (Å²) in [4.78, 5) is 11.9. The fourth-order valence-corrected chi connectivity index (χ4v) is 2.93. The maximum Gasteiger partial charge on any atom is 0.226 e. The van der Waals surface area contributed by atoms with E-state index in [-0.39, 0.29) is 11.3 Å². The van der Waals surface area contributed by atoms with Crippen LogP contribution in [0.4, 0.5) is 0 Å². The van der Waals surface area contributed by atoms with Crippen molar-refractivity contribution >= 4 is 5.91 Å². The van der Waals surface area contributed by atoms with Gasteiger partial charge in [-0.3, -0.25) is 4.79 Å². The molecule has 0 aromatic heterocycles. The van der Waals surface area contributed by atoms with Crippen molar-refractivity contribution in [3.63, 3.8) is 0 Å². The van der Waals surface area contributed by atoms with Crippen LogP contribution in [0.1, 0.15) is 50.3 Å². The Balaban J connectivity index is 2.08. The molecule has 0 saturated heterocycles. The quantitative estimate of drug-likeness (QED) is 0.829. The zero-order chi connectivity index (χ0) is 14.6. The Hall–Kier alpha value is -1.35. The minimum atomic E-state index is -0.379. The fourth-order valence-electron chi connectivity index (χ4n) is 2.93. The van der Waals surface area contributed by atoms with Crippen LogP contribution >= 0.6 is 0 Å². The highest BCUT2D eigenvalue weighted by Crippen LogP contribution is 2.29. The average Bonchev–Trinajstić information content (AvgIpc) is 2.66. The van der Waals surface area contributed by atoms with Crippen LogP contribution in [0.5, 0.6) is 0 Å². The van der Waals surface area contributed by atoms with Crippen molar-refractivity contribution in [3.8, 4) is 0 Å². The van der Waals surface area contributed by atoms with E-state index in [4.69, 9.17) is 0 Å². The summed E-state index contributed by atoms with van der Waals surface area (Å²) in [6.07, 6.45) is 4.83. The van der Waals surface area contributed by atoms with Gasteiger partial charge in [0.05, 0.1) is 5.41 Å². The van der Waals surface area contributed by atoms with Gasteiger partial charge in [-0.2, -0.15) is 0 Å². The van der Waals surface area contributed by atoms with Gasteiger partial charge in [0.1, 0.15) is 0 Å². The van der Waals surface area contributed by atoms with Crippen molar-refractivity contribution in [2.24, 2.45) is 5.41 Å². The molecule has 0 fully saturated rings. The monoisotopic (exact) mass is 274 g/mol. The molecule has 0 radical (unpaired) electrons. The van der Waals surface area contributed by atoms with E-state index in [1.807, 2.05) is 13.8 Å². The summed E-state index contributed by atoms with van der Waals surface area (Å²) < 4.78 is 0. The first-order valence-corrected chi connectivity index (χ1v) is 7.58. The Kier molecular flexibility index (Phi) is 4.81. The summed E-state index contributed by atoms with van der Waals surface area (Å²) in [5.41, 5.74) is 2.49. The fraction of sp³-hybridized carbons (Fsp3) is 0.588. The van der Waals surface area contributed by atoms with Crippen LogP contribution in [-0.4, -0.2) is 19.5 Å².